The molecule has 0 aromatic carbocycles. The van der Waals surface area contributed by atoms with E-state index in [2.05, 4.69) is 40.4 Å². The highest BCUT2D eigenvalue weighted by atomic mass is 32.1. The minimum absolute atomic E-state index is 0.0175. The van der Waals surface area contributed by atoms with Crippen molar-refractivity contribution >= 4 is 16.7 Å². The number of hydrogen-bond acceptors (Lipinski definition) is 6. The van der Waals surface area contributed by atoms with Gasteiger partial charge in [-0.25, -0.2) is 9.97 Å². The fourth-order valence-corrected chi connectivity index (χ4v) is 2.20. The molecule has 0 amide bonds. The lowest BCUT2D eigenvalue weighted by atomic mass is 9.96. The van der Waals surface area contributed by atoms with Crippen LogP contribution in [0.15, 0.2) is 18.3 Å². The Morgan fingerprint density at radius 1 is 1.37 bits per heavy atom. The molecule has 0 aliphatic carbocycles. The zero-order chi connectivity index (χ0) is 13.9. The number of pyridine rings is 1. The average molecular weight is 278 g/mol. The van der Waals surface area contributed by atoms with Crippen LogP contribution < -0.4 is 10.1 Å². The van der Waals surface area contributed by atoms with E-state index in [0.29, 0.717) is 12.4 Å². The summed E-state index contributed by atoms with van der Waals surface area (Å²) in [5.41, 5.74) is 1.08. The predicted octanol–water partition coefficient (Wildman–Crippen LogP) is 2.85. The SMILES string of the molecule is COc1cc(CNc2nc(C(C)(C)C)ns2)ccn1. The van der Waals surface area contributed by atoms with Gasteiger partial charge in [0.1, 0.15) is 5.82 Å². The second kappa shape index (κ2) is 5.52. The third kappa shape index (κ3) is 3.64. The quantitative estimate of drug-likeness (QED) is 0.932. The Morgan fingerprint density at radius 2 is 2.16 bits per heavy atom. The summed E-state index contributed by atoms with van der Waals surface area (Å²) < 4.78 is 9.46. The minimum atomic E-state index is -0.0175. The average Bonchev–Trinajstić information content (AvgIpc) is 2.85. The maximum atomic E-state index is 5.09. The number of aromatic nitrogens is 3. The van der Waals surface area contributed by atoms with E-state index in [4.69, 9.17) is 4.74 Å². The molecule has 0 atom stereocenters. The van der Waals surface area contributed by atoms with Crippen LogP contribution in [0, 0.1) is 0 Å². The van der Waals surface area contributed by atoms with E-state index >= 15 is 0 Å². The Morgan fingerprint density at radius 3 is 2.79 bits per heavy atom. The molecular weight excluding hydrogens is 260 g/mol. The third-order valence-corrected chi connectivity index (χ3v) is 3.22. The fraction of sp³-hybridized carbons (Fsp3) is 0.462. The Balaban J connectivity index is 2.00. The molecule has 1 N–H and O–H groups in total. The van der Waals surface area contributed by atoms with Crippen LogP contribution in [0.1, 0.15) is 32.2 Å². The van der Waals surface area contributed by atoms with Crippen molar-refractivity contribution in [1.29, 1.82) is 0 Å². The van der Waals surface area contributed by atoms with Gasteiger partial charge in [0.25, 0.3) is 0 Å². The summed E-state index contributed by atoms with van der Waals surface area (Å²) in [6, 6.07) is 3.85. The molecule has 0 saturated carbocycles. The molecule has 5 nitrogen and oxygen atoms in total. The lowest BCUT2D eigenvalue weighted by Crippen LogP contribution is -2.13. The number of methoxy groups -OCH3 is 1. The fourth-order valence-electron chi connectivity index (χ4n) is 1.45. The summed E-state index contributed by atoms with van der Waals surface area (Å²) >= 11 is 1.39. The zero-order valence-corrected chi connectivity index (χ0v) is 12.4. The first-order chi connectivity index (χ1) is 8.99. The molecule has 0 unspecified atom stereocenters. The highest BCUT2D eigenvalue weighted by Gasteiger charge is 2.19. The van der Waals surface area contributed by atoms with Crippen LogP contribution in [0.3, 0.4) is 0 Å². The van der Waals surface area contributed by atoms with Crippen LogP contribution in [-0.4, -0.2) is 21.5 Å². The lowest BCUT2D eigenvalue weighted by molar-refractivity contribution is 0.397. The molecule has 19 heavy (non-hydrogen) atoms. The van der Waals surface area contributed by atoms with E-state index in [1.807, 2.05) is 12.1 Å². The summed E-state index contributed by atoms with van der Waals surface area (Å²) in [7, 11) is 1.61. The molecule has 2 aromatic heterocycles. The smallest absolute Gasteiger partial charge is 0.213 e. The van der Waals surface area contributed by atoms with E-state index < -0.39 is 0 Å². The van der Waals surface area contributed by atoms with E-state index in [-0.39, 0.29) is 5.41 Å². The standard InChI is InChI=1S/C13H18N4OS/c1-13(2,3)11-16-12(19-17-11)15-8-9-5-6-14-10(7-9)18-4/h5-7H,8H2,1-4H3,(H,15,16,17). The molecule has 0 radical (unpaired) electrons. The molecule has 0 aliphatic rings. The van der Waals surface area contributed by atoms with Crippen LogP contribution in [0.5, 0.6) is 5.88 Å². The monoisotopic (exact) mass is 278 g/mol. The van der Waals surface area contributed by atoms with Crippen molar-refractivity contribution in [2.45, 2.75) is 32.7 Å². The number of rotatable bonds is 4. The Bertz CT molecular complexity index is 548. The first-order valence-electron chi connectivity index (χ1n) is 6.06. The first-order valence-corrected chi connectivity index (χ1v) is 6.83. The van der Waals surface area contributed by atoms with Gasteiger partial charge in [0.15, 0.2) is 0 Å². The number of anilines is 1. The van der Waals surface area contributed by atoms with Gasteiger partial charge in [-0.2, -0.15) is 4.37 Å². The maximum Gasteiger partial charge on any atom is 0.213 e. The largest absolute Gasteiger partial charge is 0.481 e. The second-order valence-electron chi connectivity index (χ2n) is 5.23. The Hall–Kier alpha value is -1.69. The molecule has 0 saturated heterocycles. The van der Waals surface area contributed by atoms with Crippen molar-refractivity contribution in [3.63, 3.8) is 0 Å². The van der Waals surface area contributed by atoms with E-state index in [9.17, 15) is 0 Å². The predicted molar refractivity (Wildman–Crippen MR) is 76.7 cm³/mol. The van der Waals surface area contributed by atoms with Crippen LogP contribution >= 0.6 is 11.5 Å². The number of nitrogens with zero attached hydrogens (tertiary/aromatic N) is 3. The molecule has 2 rings (SSSR count). The van der Waals surface area contributed by atoms with Gasteiger partial charge < -0.3 is 10.1 Å². The topological polar surface area (TPSA) is 59.9 Å². The highest BCUT2D eigenvalue weighted by Crippen LogP contribution is 2.23. The molecule has 2 heterocycles. The Kier molecular flexibility index (Phi) is 3.99. The molecule has 102 valence electrons. The van der Waals surface area contributed by atoms with Crippen molar-refractivity contribution in [3.8, 4) is 5.88 Å². The van der Waals surface area contributed by atoms with Gasteiger partial charge in [-0.15, -0.1) is 0 Å². The molecule has 0 spiro atoms. The number of nitrogens with one attached hydrogen (secondary N) is 1. The van der Waals surface area contributed by atoms with Crippen molar-refractivity contribution in [2.24, 2.45) is 0 Å². The number of hydrogen-bond donors (Lipinski definition) is 1. The van der Waals surface area contributed by atoms with Crippen molar-refractivity contribution in [1.82, 2.24) is 14.3 Å². The van der Waals surface area contributed by atoms with Gasteiger partial charge in [0, 0.05) is 35.8 Å². The van der Waals surface area contributed by atoms with Crippen LogP contribution in [0.2, 0.25) is 0 Å². The van der Waals surface area contributed by atoms with Gasteiger partial charge >= 0.3 is 0 Å². The van der Waals surface area contributed by atoms with Crippen molar-refractivity contribution in [2.75, 3.05) is 12.4 Å². The molecule has 0 aliphatic heterocycles. The summed E-state index contributed by atoms with van der Waals surface area (Å²) in [6.45, 7) is 6.99. The summed E-state index contributed by atoms with van der Waals surface area (Å²) in [4.78, 5) is 8.56. The molecule has 0 fully saturated rings. The first kappa shape index (κ1) is 13.7. The van der Waals surface area contributed by atoms with Crippen LogP contribution in [0.4, 0.5) is 5.13 Å². The van der Waals surface area contributed by atoms with Gasteiger partial charge in [0.05, 0.1) is 7.11 Å². The molecular formula is C13H18N4OS. The Labute approximate surface area is 117 Å². The van der Waals surface area contributed by atoms with E-state index in [0.717, 1.165) is 16.5 Å². The zero-order valence-electron chi connectivity index (χ0n) is 11.6. The van der Waals surface area contributed by atoms with Crippen molar-refractivity contribution < 1.29 is 4.74 Å². The van der Waals surface area contributed by atoms with Crippen LogP contribution in [-0.2, 0) is 12.0 Å². The normalized spacial score (nSPS) is 11.4. The van der Waals surface area contributed by atoms with Gasteiger partial charge in [-0.05, 0) is 11.6 Å². The van der Waals surface area contributed by atoms with E-state index in [1.54, 1.807) is 13.3 Å². The maximum absolute atomic E-state index is 5.09. The van der Waals surface area contributed by atoms with Crippen LogP contribution in [0.25, 0.3) is 0 Å². The second-order valence-corrected chi connectivity index (χ2v) is 5.98. The summed E-state index contributed by atoms with van der Waals surface area (Å²) in [6.07, 6.45) is 1.73. The molecule has 2 aromatic rings. The van der Waals surface area contributed by atoms with Gasteiger partial charge in [-0.3, -0.25) is 0 Å². The van der Waals surface area contributed by atoms with Gasteiger partial charge in [-0.1, -0.05) is 20.8 Å². The molecule has 6 heteroatoms. The molecule has 0 bridgehead atoms. The summed E-state index contributed by atoms with van der Waals surface area (Å²) in [5.74, 6) is 1.49. The van der Waals surface area contributed by atoms with Gasteiger partial charge in [0.2, 0.25) is 11.0 Å². The minimum Gasteiger partial charge on any atom is -0.481 e. The number of ether oxygens (including phenoxy) is 1. The summed E-state index contributed by atoms with van der Waals surface area (Å²) in [5, 5.41) is 4.10. The highest BCUT2D eigenvalue weighted by molar-refractivity contribution is 7.09. The lowest BCUT2D eigenvalue weighted by Gasteiger charge is -2.12. The van der Waals surface area contributed by atoms with Crippen molar-refractivity contribution in [3.05, 3.63) is 29.7 Å². The third-order valence-electron chi connectivity index (χ3n) is 2.55. The van der Waals surface area contributed by atoms with E-state index in [1.165, 1.54) is 11.5 Å².